The first kappa shape index (κ1) is 14.8. The molecule has 0 amide bonds. The average molecular weight is 306 g/mol. The van der Waals surface area contributed by atoms with E-state index in [9.17, 15) is 0 Å². The normalized spacial score (nSPS) is 10.3. The summed E-state index contributed by atoms with van der Waals surface area (Å²) in [5.41, 5.74) is 7.69. The van der Waals surface area contributed by atoms with Crippen molar-refractivity contribution in [1.82, 2.24) is 9.97 Å². The number of nitrogens with two attached hydrogens (primary N) is 1. The molecular formula is C18H18N4O. The minimum atomic E-state index is 0.357. The van der Waals surface area contributed by atoms with Gasteiger partial charge in [-0.1, -0.05) is 36.4 Å². The molecule has 0 atom stereocenters. The minimum absolute atomic E-state index is 0.357. The van der Waals surface area contributed by atoms with E-state index < -0.39 is 0 Å². The number of anilines is 3. The molecule has 0 spiro atoms. The Labute approximate surface area is 135 Å². The summed E-state index contributed by atoms with van der Waals surface area (Å²) in [7, 11) is 0. The molecule has 3 aromatic rings. The van der Waals surface area contributed by atoms with Crippen LogP contribution in [0.15, 0.2) is 67.0 Å². The third kappa shape index (κ3) is 3.23. The van der Waals surface area contributed by atoms with Crippen LogP contribution in [-0.4, -0.2) is 16.5 Å². The number of hydrogen-bond donors (Lipinski definition) is 1. The van der Waals surface area contributed by atoms with Gasteiger partial charge in [-0.15, -0.1) is 0 Å². The van der Waals surface area contributed by atoms with Crippen LogP contribution in [0.2, 0.25) is 0 Å². The molecule has 23 heavy (non-hydrogen) atoms. The third-order valence-electron chi connectivity index (χ3n) is 3.42. The molecule has 116 valence electrons. The van der Waals surface area contributed by atoms with Gasteiger partial charge in [0, 0.05) is 12.2 Å². The molecule has 0 radical (unpaired) electrons. The molecule has 0 aliphatic carbocycles. The van der Waals surface area contributed by atoms with E-state index >= 15 is 0 Å². The Balaban J connectivity index is 1.96. The second-order valence-corrected chi connectivity index (χ2v) is 4.91. The summed E-state index contributed by atoms with van der Waals surface area (Å²) in [6.07, 6.45) is 1.47. The number of nitrogens with zero attached hydrogens (tertiary/aromatic N) is 3. The summed E-state index contributed by atoms with van der Waals surface area (Å²) in [5, 5.41) is 0. The van der Waals surface area contributed by atoms with Gasteiger partial charge in [-0.3, -0.25) is 0 Å². The lowest BCUT2D eigenvalue weighted by molar-refractivity contribution is 0.464. The Bertz CT molecular complexity index is 762. The maximum Gasteiger partial charge on any atom is 0.248 e. The van der Waals surface area contributed by atoms with Gasteiger partial charge in [0.2, 0.25) is 5.88 Å². The lowest BCUT2D eigenvalue weighted by atomic mass is 10.2. The molecule has 0 saturated heterocycles. The standard InChI is InChI=1S/C18H18N4O/c1-2-22(14-9-5-3-6-10-14)17-16(19)18(21-13-20-17)23-15-11-7-4-8-12-15/h3-13H,2,19H2,1H3. The summed E-state index contributed by atoms with van der Waals surface area (Å²) in [6.45, 7) is 2.78. The quantitative estimate of drug-likeness (QED) is 0.771. The summed E-state index contributed by atoms with van der Waals surface area (Å²) < 4.78 is 5.78. The Morgan fingerprint density at radius 1 is 0.957 bits per heavy atom. The van der Waals surface area contributed by atoms with Crippen LogP contribution in [0.5, 0.6) is 11.6 Å². The highest BCUT2D eigenvalue weighted by Gasteiger charge is 2.16. The zero-order chi connectivity index (χ0) is 16.1. The van der Waals surface area contributed by atoms with Gasteiger partial charge in [-0.2, -0.15) is 4.98 Å². The largest absolute Gasteiger partial charge is 0.437 e. The van der Waals surface area contributed by atoms with Crippen molar-refractivity contribution in [1.29, 1.82) is 0 Å². The highest BCUT2D eigenvalue weighted by Crippen LogP contribution is 2.34. The predicted octanol–water partition coefficient (Wildman–Crippen LogP) is 4.01. The fourth-order valence-electron chi connectivity index (χ4n) is 2.33. The minimum Gasteiger partial charge on any atom is -0.437 e. The molecular weight excluding hydrogens is 288 g/mol. The van der Waals surface area contributed by atoms with Crippen LogP contribution in [0.1, 0.15) is 6.92 Å². The van der Waals surface area contributed by atoms with Crippen LogP contribution in [0.4, 0.5) is 17.2 Å². The molecule has 2 aromatic carbocycles. The molecule has 1 heterocycles. The molecule has 0 unspecified atom stereocenters. The third-order valence-corrected chi connectivity index (χ3v) is 3.42. The highest BCUT2D eigenvalue weighted by molar-refractivity contribution is 5.74. The van der Waals surface area contributed by atoms with Crippen LogP contribution in [-0.2, 0) is 0 Å². The van der Waals surface area contributed by atoms with Crippen LogP contribution < -0.4 is 15.4 Å². The number of aromatic nitrogens is 2. The van der Waals surface area contributed by atoms with Gasteiger partial charge in [-0.05, 0) is 31.2 Å². The summed E-state index contributed by atoms with van der Waals surface area (Å²) >= 11 is 0. The molecule has 1 aromatic heterocycles. The second-order valence-electron chi connectivity index (χ2n) is 4.91. The molecule has 3 rings (SSSR count). The van der Waals surface area contributed by atoms with Crippen molar-refractivity contribution in [2.75, 3.05) is 17.2 Å². The first-order chi connectivity index (χ1) is 11.3. The van der Waals surface area contributed by atoms with Gasteiger partial charge in [0.05, 0.1) is 0 Å². The summed E-state index contributed by atoms with van der Waals surface area (Å²) in [4.78, 5) is 10.5. The van der Waals surface area contributed by atoms with E-state index in [0.29, 0.717) is 23.1 Å². The molecule has 0 bridgehead atoms. The van der Waals surface area contributed by atoms with Gasteiger partial charge in [0.1, 0.15) is 17.8 Å². The lowest BCUT2D eigenvalue weighted by Gasteiger charge is -2.23. The van der Waals surface area contributed by atoms with E-state index in [1.807, 2.05) is 72.5 Å². The Kier molecular flexibility index (Phi) is 4.38. The summed E-state index contributed by atoms with van der Waals surface area (Å²) in [5.74, 6) is 1.68. The molecule has 0 aliphatic rings. The van der Waals surface area contributed by atoms with E-state index in [1.165, 1.54) is 6.33 Å². The van der Waals surface area contributed by atoms with Gasteiger partial charge in [0.15, 0.2) is 5.82 Å². The molecule has 0 fully saturated rings. The number of rotatable bonds is 5. The zero-order valence-electron chi connectivity index (χ0n) is 12.9. The number of benzene rings is 2. The van der Waals surface area contributed by atoms with E-state index in [4.69, 9.17) is 10.5 Å². The van der Waals surface area contributed by atoms with E-state index in [2.05, 4.69) is 9.97 Å². The fraction of sp³-hybridized carbons (Fsp3) is 0.111. The maximum absolute atomic E-state index is 6.25. The first-order valence-corrected chi connectivity index (χ1v) is 7.45. The lowest BCUT2D eigenvalue weighted by Crippen LogP contribution is -2.19. The number of hydrogen-bond acceptors (Lipinski definition) is 5. The highest BCUT2D eigenvalue weighted by atomic mass is 16.5. The van der Waals surface area contributed by atoms with Gasteiger partial charge in [0.25, 0.3) is 0 Å². The predicted molar refractivity (Wildman–Crippen MR) is 92.1 cm³/mol. The molecule has 0 saturated carbocycles. The van der Waals surface area contributed by atoms with Crippen molar-refractivity contribution in [3.05, 3.63) is 67.0 Å². The van der Waals surface area contributed by atoms with Crippen LogP contribution in [0, 0.1) is 0 Å². The maximum atomic E-state index is 6.25. The first-order valence-electron chi connectivity index (χ1n) is 7.45. The van der Waals surface area contributed by atoms with Crippen LogP contribution >= 0.6 is 0 Å². The SMILES string of the molecule is CCN(c1ccccc1)c1ncnc(Oc2ccccc2)c1N. The average Bonchev–Trinajstić information content (AvgIpc) is 2.61. The van der Waals surface area contributed by atoms with Crippen molar-refractivity contribution in [3.63, 3.8) is 0 Å². The zero-order valence-corrected chi connectivity index (χ0v) is 12.9. The summed E-state index contributed by atoms with van der Waals surface area (Å²) in [6, 6.07) is 19.4. The fourth-order valence-corrected chi connectivity index (χ4v) is 2.33. The Morgan fingerprint density at radius 2 is 1.61 bits per heavy atom. The van der Waals surface area contributed by atoms with Crippen molar-refractivity contribution in [2.45, 2.75) is 6.92 Å². The number of nitrogen functional groups attached to an aromatic ring is 1. The van der Waals surface area contributed by atoms with Crippen LogP contribution in [0.25, 0.3) is 0 Å². The van der Waals surface area contributed by atoms with Crippen molar-refractivity contribution >= 4 is 17.2 Å². The molecule has 2 N–H and O–H groups in total. The van der Waals surface area contributed by atoms with Crippen molar-refractivity contribution < 1.29 is 4.74 Å². The van der Waals surface area contributed by atoms with Crippen molar-refractivity contribution in [3.8, 4) is 11.6 Å². The van der Waals surface area contributed by atoms with Gasteiger partial charge in [-0.25, -0.2) is 4.98 Å². The second kappa shape index (κ2) is 6.79. The molecule has 5 heteroatoms. The van der Waals surface area contributed by atoms with Gasteiger partial charge >= 0.3 is 0 Å². The monoisotopic (exact) mass is 306 g/mol. The van der Waals surface area contributed by atoms with Gasteiger partial charge < -0.3 is 15.4 Å². The molecule has 0 aliphatic heterocycles. The Hall–Kier alpha value is -3.08. The number of ether oxygens (including phenoxy) is 1. The Morgan fingerprint density at radius 3 is 2.26 bits per heavy atom. The van der Waals surface area contributed by atoms with E-state index in [-0.39, 0.29) is 0 Å². The molecule has 5 nitrogen and oxygen atoms in total. The van der Waals surface area contributed by atoms with Crippen LogP contribution in [0.3, 0.4) is 0 Å². The van der Waals surface area contributed by atoms with Crippen molar-refractivity contribution in [2.24, 2.45) is 0 Å². The number of para-hydroxylation sites is 2. The smallest absolute Gasteiger partial charge is 0.248 e. The topological polar surface area (TPSA) is 64.3 Å². The van der Waals surface area contributed by atoms with E-state index in [1.54, 1.807) is 0 Å². The van der Waals surface area contributed by atoms with E-state index in [0.717, 1.165) is 12.2 Å².